The van der Waals surface area contributed by atoms with E-state index < -0.39 is 8.07 Å². The lowest BCUT2D eigenvalue weighted by Gasteiger charge is -2.40. The van der Waals surface area contributed by atoms with Crippen molar-refractivity contribution in [3.63, 3.8) is 0 Å². The van der Waals surface area contributed by atoms with Crippen LogP contribution in [0.4, 0.5) is 0 Å². The zero-order valence-corrected chi connectivity index (χ0v) is 13.2. The van der Waals surface area contributed by atoms with Crippen molar-refractivity contribution < 1.29 is 0 Å². The molecule has 2 nitrogen and oxygen atoms in total. The summed E-state index contributed by atoms with van der Waals surface area (Å²) in [5.74, 6) is 0. The number of rotatable bonds is 4. The highest BCUT2D eigenvalue weighted by Gasteiger charge is 2.46. The third-order valence-corrected chi connectivity index (χ3v) is 10.7. The van der Waals surface area contributed by atoms with Crippen LogP contribution in [0, 0.1) is 0 Å². The first-order chi connectivity index (χ1) is 9.01. The molecule has 1 heterocycles. The average Bonchev–Trinajstić information content (AvgIpc) is 2.85. The van der Waals surface area contributed by atoms with Crippen LogP contribution in [-0.2, 0) is 0 Å². The Hall–Kier alpha value is -1.35. The third kappa shape index (κ3) is 2.16. The lowest BCUT2D eigenvalue weighted by molar-refractivity contribution is 0.910. The summed E-state index contributed by atoms with van der Waals surface area (Å²) in [4.78, 5) is 15.2. The molecule has 1 aliphatic carbocycles. The summed E-state index contributed by atoms with van der Waals surface area (Å²) in [6.45, 7) is 9.10. The molecule has 1 N–H and O–H groups in total. The van der Waals surface area contributed by atoms with E-state index in [1.165, 1.54) is 5.20 Å². The topological polar surface area (TPSA) is 32.9 Å². The predicted octanol–water partition coefficient (Wildman–Crippen LogP) is 3.28. The van der Waals surface area contributed by atoms with Crippen molar-refractivity contribution in [1.29, 1.82) is 0 Å². The number of allylic oxidation sites excluding steroid dienone is 4. The van der Waals surface area contributed by atoms with Crippen LogP contribution in [-0.4, -0.2) is 13.1 Å². The van der Waals surface area contributed by atoms with E-state index in [1.54, 1.807) is 6.20 Å². The molecule has 0 amide bonds. The molecule has 0 aliphatic heterocycles. The van der Waals surface area contributed by atoms with Gasteiger partial charge in [-0.15, -0.1) is 0 Å². The van der Waals surface area contributed by atoms with E-state index in [1.807, 2.05) is 12.1 Å². The maximum atomic E-state index is 12.4. The Morgan fingerprint density at radius 2 is 1.89 bits per heavy atom. The standard InChI is InChI=1S/C16H23NOSi/c1-12(2)19(13(3)4,14-8-5-6-9-14)15-10-7-11-17-16(15)18/h5-8,10-13H,9H2,1-4H3,(H,17,18). The molecule has 0 saturated carbocycles. The van der Waals surface area contributed by atoms with Crippen molar-refractivity contribution >= 4 is 13.3 Å². The van der Waals surface area contributed by atoms with Crippen LogP contribution in [0.1, 0.15) is 34.1 Å². The van der Waals surface area contributed by atoms with Gasteiger partial charge in [-0.2, -0.15) is 0 Å². The summed E-state index contributed by atoms with van der Waals surface area (Å²) < 4.78 is 0. The number of hydrogen-bond acceptors (Lipinski definition) is 1. The fraction of sp³-hybridized carbons (Fsp3) is 0.438. The van der Waals surface area contributed by atoms with E-state index >= 15 is 0 Å². The Bertz CT molecular complexity index is 558. The van der Waals surface area contributed by atoms with Gasteiger partial charge in [0.2, 0.25) is 5.56 Å². The molecule has 1 aliphatic rings. The number of hydrogen-bond donors (Lipinski definition) is 1. The molecule has 1 aromatic rings. The number of pyridine rings is 1. The van der Waals surface area contributed by atoms with Crippen LogP contribution in [0.15, 0.2) is 46.5 Å². The Morgan fingerprint density at radius 1 is 1.21 bits per heavy atom. The summed E-state index contributed by atoms with van der Waals surface area (Å²) in [6, 6.07) is 4.01. The Kier molecular flexibility index (Phi) is 3.95. The fourth-order valence-electron chi connectivity index (χ4n) is 3.70. The highest BCUT2D eigenvalue weighted by atomic mass is 28.3. The lowest BCUT2D eigenvalue weighted by Crippen LogP contribution is -2.60. The molecule has 19 heavy (non-hydrogen) atoms. The van der Waals surface area contributed by atoms with Gasteiger partial charge in [-0.1, -0.05) is 57.2 Å². The van der Waals surface area contributed by atoms with Crippen molar-refractivity contribution in [2.45, 2.75) is 45.2 Å². The number of H-pyrrole nitrogens is 1. The summed E-state index contributed by atoms with van der Waals surface area (Å²) in [6.07, 6.45) is 9.33. The first-order valence-corrected chi connectivity index (χ1v) is 9.21. The van der Waals surface area contributed by atoms with Gasteiger partial charge in [-0.05, 0) is 23.6 Å². The van der Waals surface area contributed by atoms with Gasteiger partial charge in [0.05, 0.1) is 0 Å². The van der Waals surface area contributed by atoms with E-state index in [4.69, 9.17) is 0 Å². The monoisotopic (exact) mass is 273 g/mol. The van der Waals surface area contributed by atoms with E-state index in [0.29, 0.717) is 11.1 Å². The molecule has 0 unspecified atom stereocenters. The zero-order valence-electron chi connectivity index (χ0n) is 12.2. The minimum atomic E-state index is -1.98. The Balaban J connectivity index is 2.70. The second-order valence-corrected chi connectivity index (χ2v) is 11.1. The minimum Gasteiger partial charge on any atom is -0.329 e. The van der Waals surface area contributed by atoms with Crippen molar-refractivity contribution in [3.05, 3.63) is 52.1 Å². The molecule has 0 fully saturated rings. The molecule has 0 atom stereocenters. The molecule has 0 radical (unpaired) electrons. The SMILES string of the molecule is CC(C)[Si](C1=CC=CC1)(c1ccc[nH]c1=O)C(C)C. The van der Waals surface area contributed by atoms with Crippen LogP contribution in [0.2, 0.25) is 11.1 Å². The summed E-state index contributed by atoms with van der Waals surface area (Å²) >= 11 is 0. The molecular formula is C16H23NOSi. The quantitative estimate of drug-likeness (QED) is 0.839. The molecule has 2 rings (SSSR count). The zero-order chi connectivity index (χ0) is 14.0. The molecule has 0 bridgehead atoms. The normalized spacial score (nSPS) is 15.4. The maximum absolute atomic E-state index is 12.4. The number of aromatic nitrogens is 1. The van der Waals surface area contributed by atoms with Gasteiger partial charge < -0.3 is 4.98 Å². The maximum Gasteiger partial charge on any atom is 0.247 e. The molecule has 102 valence electrons. The second kappa shape index (κ2) is 5.33. The summed E-state index contributed by atoms with van der Waals surface area (Å²) in [5.41, 5.74) is 1.13. The van der Waals surface area contributed by atoms with E-state index in [0.717, 1.165) is 11.6 Å². The predicted molar refractivity (Wildman–Crippen MR) is 84.5 cm³/mol. The molecule has 1 aromatic heterocycles. The van der Waals surface area contributed by atoms with E-state index in [9.17, 15) is 4.79 Å². The summed E-state index contributed by atoms with van der Waals surface area (Å²) in [5, 5.41) is 2.53. The van der Waals surface area contributed by atoms with Crippen LogP contribution in [0.25, 0.3) is 0 Å². The molecule has 0 spiro atoms. The van der Waals surface area contributed by atoms with Gasteiger partial charge in [0.25, 0.3) is 0 Å². The Labute approximate surface area is 116 Å². The highest BCUT2D eigenvalue weighted by Crippen LogP contribution is 2.40. The van der Waals surface area contributed by atoms with Crippen molar-refractivity contribution in [2.75, 3.05) is 0 Å². The lowest BCUT2D eigenvalue weighted by atomic mass is 10.4. The third-order valence-electron chi connectivity index (χ3n) is 4.39. The van der Waals surface area contributed by atoms with Gasteiger partial charge in [0.15, 0.2) is 0 Å². The molecule has 0 saturated heterocycles. The van der Waals surface area contributed by atoms with Crippen LogP contribution in [0.3, 0.4) is 0 Å². The number of nitrogens with one attached hydrogen (secondary N) is 1. The minimum absolute atomic E-state index is 0.101. The molecular weight excluding hydrogens is 250 g/mol. The first kappa shape index (κ1) is 14.1. The Morgan fingerprint density at radius 3 is 2.37 bits per heavy atom. The highest BCUT2D eigenvalue weighted by molar-refractivity contribution is 6.99. The van der Waals surface area contributed by atoms with Crippen molar-refractivity contribution in [1.82, 2.24) is 4.98 Å². The van der Waals surface area contributed by atoms with E-state index in [2.05, 4.69) is 50.9 Å². The first-order valence-electron chi connectivity index (χ1n) is 7.05. The van der Waals surface area contributed by atoms with Gasteiger partial charge in [0.1, 0.15) is 8.07 Å². The molecule has 3 heteroatoms. The van der Waals surface area contributed by atoms with Gasteiger partial charge >= 0.3 is 0 Å². The van der Waals surface area contributed by atoms with Crippen LogP contribution >= 0.6 is 0 Å². The number of aromatic amines is 1. The van der Waals surface area contributed by atoms with Crippen molar-refractivity contribution in [2.24, 2.45) is 0 Å². The van der Waals surface area contributed by atoms with Crippen LogP contribution in [0.5, 0.6) is 0 Å². The summed E-state index contributed by atoms with van der Waals surface area (Å²) in [7, 11) is -1.98. The second-order valence-electron chi connectivity index (χ2n) is 5.92. The largest absolute Gasteiger partial charge is 0.329 e. The van der Waals surface area contributed by atoms with Gasteiger partial charge in [0, 0.05) is 11.4 Å². The smallest absolute Gasteiger partial charge is 0.247 e. The van der Waals surface area contributed by atoms with Crippen molar-refractivity contribution in [3.8, 4) is 0 Å². The molecule has 0 aromatic carbocycles. The van der Waals surface area contributed by atoms with E-state index in [-0.39, 0.29) is 5.56 Å². The van der Waals surface area contributed by atoms with Gasteiger partial charge in [-0.3, -0.25) is 4.79 Å². The van der Waals surface area contributed by atoms with Gasteiger partial charge in [-0.25, -0.2) is 0 Å². The van der Waals surface area contributed by atoms with Crippen LogP contribution < -0.4 is 10.7 Å². The average molecular weight is 273 g/mol. The fourth-order valence-corrected chi connectivity index (χ4v) is 9.76.